The van der Waals surface area contributed by atoms with Crippen molar-refractivity contribution in [1.29, 1.82) is 0 Å². The second kappa shape index (κ2) is 8.95. The summed E-state index contributed by atoms with van der Waals surface area (Å²) in [6.45, 7) is 5.96. The zero-order valence-electron chi connectivity index (χ0n) is 15.9. The molecule has 2 aromatic carbocycles. The first-order valence-corrected chi connectivity index (χ1v) is 9.72. The van der Waals surface area contributed by atoms with Gasteiger partial charge in [-0.15, -0.1) is 0 Å². The van der Waals surface area contributed by atoms with Crippen molar-refractivity contribution in [3.05, 3.63) is 84.3 Å². The third-order valence-corrected chi connectivity index (χ3v) is 5.06. The zero-order valence-corrected chi connectivity index (χ0v) is 15.9. The van der Waals surface area contributed by atoms with Gasteiger partial charge in [-0.3, -0.25) is 14.5 Å². The minimum absolute atomic E-state index is 0.223. The van der Waals surface area contributed by atoms with E-state index in [2.05, 4.69) is 51.3 Å². The smallest absolute Gasteiger partial charge is 0.123 e. The highest BCUT2D eigenvalue weighted by Crippen LogP contribution is 2.17. The summed E-state index contributed by atoms with van der Waals surface area (Å²) in [7, 11) is 0. The molecule has 0 unspecified atom stereocenters. The standard InChI is InChI=1S/C23H25FN4/c24-22-10-8-21(9-11-22)23-12-14-28(25-23)19-27-17-15-26(16-18-27)13-4-7-20-5-2-1-3-6-20/h1-12,14H,13,15-19H2/b7-4+. The van der Waals surface area contributed by atoms with Gasteiger partial charge in [0, 0.05) is 44.5 Å². The molecule has 0 saturated carbocycles. The van der Waals surface area contributed by atoms with E-state index in [0.29, 0.717) is 0 Å². The molecule has 4 nitrogen and oxygen atoms in total. The summed E-state index contributed by atoms with van der Waals surface area (Å²) in [6, 6.07) is 18.9. The molecule has 1 aromatic heterocycles. The van der Waals surface area contributed by atoms with Crippen molar-refractivity contribution in [1.82, 2.24) is 19.6 Å². The Morgan fingerprint density at radius 2 is 1.57 bits per heavy atom. The molecule has 28 heavy (non-hydrogen) atoms. The Labute approximate surface area is 165 Å². The van der Waals surface area contributed by atoms with Crippen molar-refractivity contribution >= 4 is 6.08 Å². The lowest BCUT2D eigenvalue weighted by atomic mass is 10.1. The molecule has 1 saturated heterocycles. The molecule has 3 aromatic rings. The van der Waals surface area contributed by atoms with Crippen LogP contribution in [-0.2, 0) is 6.67 Å². The summed E-state index contributed by atoms with van der Waals surface area (Å²) in [6.07, 6.45) is 6.42. The number of halogens is 1. The van der Waals surface area contributed by atoms with E-state index >= 15 is 0 Å². The summed E-state index contributed by atoms with van der Waals surface area (Å²) in [5.74, 6) is -0.223. The fourth-order valence-electron chi connectivity index (χ4n) is 3.44. The normalized spacial score (nSPS) is 16.0. The molecule has 5 heteroatoms. The molecule has 1 aliphatic heterocycles. The van der Waals surface area contributed by atoms with Gasteiger partial charge >= 0.3 is 0 Å². The van der Waals surface area contributed by atoms with E-state index in [9.17, 15) is 4.39 Å². The van der Waals surface area contributed by atoms with E-state index in [1.807, 2.05) is 23.0 Å². The van der Waals surface area contributed by atoms with Crippen LogP contribution in [0.3, 0.4) is 0 Å². The highest BCUT2D eigenvalue weighted by atomic mass is 19.1. The van der Waals surface area contributed by atoms with Gasteiger partial charge in [-0.05, 0) is 35.9 Å². The number of hydrogen-bond donors (Lipinski definition) is 0. The number of hydrogen-bond acceptors (Lipinski definition) is 3. The SMILES string of the molecule is Fc1ccc(-c2ccn(CN3CCN(C/C=C/c4ccccc4)CC3)n2)cc1. The van der Waals surface area contributed by atoms with E-state index in [4.69, 9.17) is 0 Å². The topological polar surface area (TPSA) is 24.3 Å². The number of rotatable bonds is 6. The predicted molar refractivity (Wildman–Crippen MR) is 111 cm³/mol. The Morgan fingerprint density at radius 1 is 0.857 bits per heavy atom. The molecule has 144 valence electrons. The van der Waals surface area contributed by atoms with Crippen molar-refractivity contribution in [2.45, 2.75) is 6.67 Å². The van der Waals surface area contributed by atoms with Crippen LogP contribution >= 0.6 is 0 Å². The third kappa shape index (κ3) is 4.94. The zero-order chi connectivity index (χ0) is 19.2. The van der Waals surface area contributed by atoms with Crippen LogP contribution in [0.2, 0.25) is 0 Å². The Balaban J connectivity index is 1.24. The summed E-state index contributed by atoms with van der Waals surface area (Å²) < 4.78 is 15.0. The van der Waals surface area contributed by atoms with Crippen LogP contribution in [0.4, 0.5) is 4.39 Å². The van der Waals surface area contributed by atoms with E-state index in [1.165, 1.54) is 17.7 Å². The van der Waals surface area contributed by atoms with Crippen LogP contribution in [-0.4, -0.2) is 52.3 Å². The molecule has 1 fully saturated rings. The minimum Gasteiger partial charge on any atom is -0.297 e. The number of benzene rings is 2. The highest BCUT2D eigenvalue weighted by molar-refractivity contribution is 5.58. The molecular weight excluding hydrogens is 351 g/mol. The molecule has 0 bridgehead atoms. The molecule has 2 heterocycles. The maximum atomic E-state index is 13.1. The molecule has 1 aliphatic rings. The monoisotopic (exact) mass is 376 g/mol. The minimum atomic E-state index is -0.223. The molecule has 0 amide bonds. The third-order valence-electron chi connectivity index (χ3n) is 5.06. The van der Waals surface area contributed by atoms with Crippen molar-refractivity contribution in [2.75, 3.05) is 32.7 Å². The van der Waals surface area contributed by atoms with E-state index in [0.717, 1.165) is 50.6 Å². The lowest BCUT2D eigenvalue weighted by Crippen LogP contribution is -2.46. The van der Waals surface area contributed by atoms with E-state index in [-0.39, 0.29) is 5.82 Å². The van der Waals surface area contributed by atoms with Crippen molar-refractivity contribution in [3.63, 3.8) is 0 Å². The van der Waals surface area contributed by atoms with Crippen LogP contribution in [0.1, 0.15) is 5.56 Å². The lowest BCUT2D eigenvalue weighted by Gasteiger charge is -2.33. The Hall–Kier alpha value is -2.76. The van der Waals surface area contributed by atoms with Crippen LogP contribution < -0.4 is 0 Å². The molecule has 0 N–H and O–H groups in total. The quantitative estimate of drug-likeness (QED) is 0.650. The van der Waals surface area contributed by atoms with Gasteiger partial charge in [0.05, 0.1) is 12.4 Å². The molecule has 0 atom stereocenters. The molecule has 0 aliphatic carbocycles. The Morgan fingerprint density at radius 3 is 2.32 bits per heavy atom. The maximum absolute atomic E-state index is 13.1. The molecule has 0 radical (unpaired) electrons. The maximum Gasteiger partial charge on any atom is 0.123 e. The number of piperazine rings is 1. The van der Waals surface area contributed by atoms with Gasteiger partial charge in [0.2, 0.25) is 0 Å². The summed E-state index contributed by atoms with van der Waals surface area (Å²) in [4.78, 5) is 4.89. The van der Waals surface area contributed by atoms with Gasteiger partial charge in [-0.25, -0.2) is 4.39 Å². The van der Waals surface area contributed by atoms with Crippen LogP contribution in [0.5, 0.6) is 0 Å². The first-order chi connectivity index (χ1) is 13.8. The van der Waals surface area contributed by atoms with Gasteiger partial charge in [0.25, 0.3) is 0 Å². The van der Waals surface area contributed by atoms with Gasteiger partial charge in [-0.1, -0.05) is 42.5 Å². The second-order valence-corrected chi connectivity index (χ2v) is 7.12. The largest absolute Gasteiger partial charge is 0.297 e. The first kappa shape index (κ1) is 18.6. The average molecular weight is 376 g/mol. The van der Waals surface area contributed by atoms with E-state index < -0.39 is 0 Å². The number of nitrogens with zero attached hydrogens (tertiary/aromatic N) is 4. The summed E-state index contributed by atoms with van der Waals surface area (Å²) in [5.41, 5.74) is 3.07. The summed E-state index contributed by atoms with van der Waals surface area (Å²) in [5, 5.41) is 4.63. The van der Waals surface area contributed by atoms with Crippen LogP contribution in [0, 0.1) is 5.82 Å². The van der Waals surface area contributed by atoms with Gasteiger partial charge in [0.15, 0.2) is 0 Å². The number of aromatic nitrogens is 2. The van der Waals surface area contributed by atoms with Gasteiger partial charge in [-0.2, -0.15) is 5.10 Å². The van der Waals surface area contributed by atoms with Gasteiger partial charge < -0.3 is 0 Å². The average Bonchev–Trinajstić information content (AvgIpc) is 3.19. The van der Waals surface area contributed by atoms with Gasteiger partial charge in [0.1, 0.15) is 5.82 Å². The molecular formula is C23H25FN4. The second-order valence-electron chi connectivity index (χ2n) is 7.12. The molecule has 0 spiro atoms. The predicted octanol–water partition coefficient (Wildman–Crippen LogP) is 3.98. The lowest BCUT2D eigenvalue weighted by molar-refractivity contribution is 0.111. The van der Waals surface area contributed by atoms with Crippen LogP contribution in [0.15, 0.2) is 72.9 Å². The van der Waals surface area contributed by atoms with Crippen molar-refractivity contribution in [2.24, 2.45) is 0 Å². The highest BCUT2D eigenvalue weighted by Gasteiger charge is 2.16. The Bertz CT molecular complexity index is 894. The molecule has 4 rings (SSSR count). The van der Waals surface area contributed by atoms with Crippen molar-refractivity contribution in [3.8, 4) is 11.3 Å². The van der Waals surface area contributed by atoms with E-state index in [1.54, 1.807) is 12.1 Å². The fourth-order valence-corrected chi connectivity index (χ4v) is 3.44. The Kier molecular flexibility index (Phi) is 5.95. The summed E-state index contributed by atoms with van der Waals surface area (Å²) >= 11 is 0. The van der Waals surface area contributed by atoms with Crippen LogP contribution in [0.25, 0.3) is 17.3 Å². The van der Waals surface area contributed by atoms with Crippen molar-refractivity contribution < 1.29 is 4.39 Å². The first-order valence-electron chi connectivity index (χ1n) is 9.72. The fraction of sp³-hybridized carbons (Fsp3) is 0.261.